The molecule has 0 atom stereocenters. The molecule has 0 unspecified atom stereocenters. The van der Waals surface area contributed by atoms with Crippen molar-refractivity contribution in [3.8, 4) is 33.4 Å². The molecule has 0 aliphatic heterocycles. The summed E-state index contributed by atoms with van der Waals surface area (Å²) < 4.78 is 8.85. The Morgan fingerprint density at radius 1 is 0.345 bits per heavy atom. The fourth-order valence-electron chi connectivity index (χ4n) is 8.31. The summed E-state index contributed by atoms with van der Waals surface area (Å²) in [6.07, 6.45) is 0. The van der Waals surface area contributed by atoms with Gasteiger partial charge < -0.3 is 9.32 Å². The van der Waals surface area contributed by atoms with E-state index >= 15 is 0 Å². The lowest BCUT2D eigenvalue weighted by Crippen LogP contribution is -2.10. The highest BCUT2D eigenvalue weighted by atomic mass is 32.1. The number of hydrogen-bond acceptors (Lipinski definition) is 3. The molecule has 0 fully saturated rings. The lowest BCUT2D eigenvalue weighted by atomic mass is 9.96. The van der Waals surface area contributed by atoms with Gasteiger partial charge in [0.05, 0.1) is 5.69 Å². The molecule has 11 rings (SSSR count). The minimum absolute atomic E-state index is 0.927. The largest absolute Gasteiger partial charge is 0.456 e. The minimum Gasteiger partial charge on any atom is -0.456 e. The lowest BCUT2D eigenvalue weighted by Gasteiger charge is -2.28. The third kappa shape index (κ3) is 5.24. The molecule has 0 saturated carbocycles. The predicted octanol–water partition coefficient (Wildman–Crippen LogP) is 15.6. The zero-order chi connectivity index (χ0) is 36.3. The first-order valence-electron chi connectivity index (χ1n) is 18.7. The van der Waals surface area contributed by atoms with E-state index in [0.29, 0.717) is 0 Å². The first kappa shape index (κ1) is 31.6. The number of rotatable bonds is 6. The maximum absolute atomic E-state index is 6.29. The molecule has 0 N–H and O–H groups in total. The Morgan fingerprint density at radius 2 is 0.982 bits per heavy atom. The van der Waals surface area contributed by atoms with Crippen molar-refractivity contribution in [1.82, 2.24) is 0 Å². The second-order valence-electron chi connectivity index (χ2n) is 14.0. The zero-order valence-corrected chi connectivity index (χ0v) is 30.6. The van der Waals surface area contributed by atoms with Crippen LogP contribution in [0.25, 0.3) is 86.3 Å². The number of benzene rings is 9. The van der Waals surface area contributed by atoms with Gasteiger partial charge in [0.15, 0.2) is 0 Å². The Hall–Kier alpha value is -6.94. The van der Waals surface area contributed by atoms with Crippen LogP contribution in [0, 0.1) is 0 Å². The summed E-state index contributed by atoms with van der Waals surface area (Å²) in [5, 5.41) is 7.32. The second kappa shape index (κ2) is 12.9. The van der Waals surface area contributed by atoms with Gasteiger partial charge in [-0.25, -0.2) is 0 Å². The summed E-state index contributed by atoms with van der Waals surface area (Å²) in [6.45, 7) is 0. The Labute approximate surface area is 322 Å². The van der Waals surface area contributed by atoms with Crippen LogP contribution in [-0.2, 0) is 0 Å². The molecule has 0 aliphatic carbocycles. The van der Waals surface area contributed by atoms with Crippen molar-refractivity contribution in [3.05, 3.63) is 200 Å². The molecule has 258 valence electrons. The summed E-state index contributed by atoms with van der Waals surface area (Å²) in [5.74, 6) is 0. The van der Waals surface area contributed by atoms with Crippen LogP contribution in [-0.4, -0.2) is 0 Å². The lowest BCUT2D eigenvalue weighted by molar-refractivity contribution is 0.669. The van der Waals surface area contributed by atoms with Gasteiger partial charge in [0.25, 0.3) is 0 Å². The smallest absolute Gasteiger partial charge is 0.136 e. The average Bonchev–Trinajstić information content (AvgIpc) is 3.83. The minimum atomic E-state index is 0.927. The van der Waals surface area contributed by atoms with E-state index in [0.717, 1.165) is 33.6 Å². The number of thiophene rings is 1. The molecular weight excluding hydrogens is 687 g/mol. The first-order chi connectivity index (χ1) is 27.3. The second-order valence-corrected chi connectivity index (χ2v) is 15.1. The van der Waals surface area contributed by atoms with Gasteiger partial charge in [-0.2, -0.15) is 0 Å². The van der Waals surface area contributed by atoms with Crippen LogP contribution in [0.4, 0.5) is 17.1 Å². The monoisotopic (exact) mass is 719 g/mol. The van der Waals surface area contributed by atoms with E-state index < -0.39 is 0 Å². The van der Waals surface area contributed by atoms with Gasteiger partial charge >= 0.3 is 0 Å². The van der Waals surface area contributed by atoms with Gasteiger partial charge in [-0.05, 0) is 87.3 Å². The Bertz CT molecular complexity index is 3190. The number of furan rings is 1. The maximum atomic E-state index is 6.29. The number of para-hydroxylation sites is 1. The van der Waals surface area contributed by atoms with Crippen LogP contribution in [0.1, 0.15) is 0 Å². The topological polar surface area (TPSA) is 16.4 Å². The van der Waals surface area contributed by atoms with Crippen molar-refractivity contribution in [2.24, 2.45) is 0 Å². The van der Waals surface area contributed by atoms with Gasteiger partial charge in [0.1, 0.15) is 11.2 Å². The van der Waals surface area contributed by atoms with Crippen LogP contribution in [0.15, 0.2) is 205 Å². The number of hydrogen-bond donors (Lipinski definition) is 0. The summed E-state index contributed by atoms with van der Waals surface area (Å²) in [5.41, 5.74) is 12.4. The molecule has 3 heteroatoms. The van der Waals surface area contributed by atoms with Gasteiger partial charge in [-0.3, -0.25) is 0 Å². The van der Waals surface area contributed by atoms with Gasteiger partial charge in [0.2, 0.25) is 0 Å². The fraction of sp³-hybridized carbons (Fsp3) is 0. The number of nitrogens with zero attached hydrogens (tertiary/aromatic N) is 1. The quantitative estimate of drug-likeness (QED) is 0.170. The van der Waals surface area contributed by atoms with Crippen molar-refractivity contribution in [3.63, 3.8) is 0 Å². The third-order valence-corrected chi connectivity index (χ3v) is 12.2. The molecule has 0 amide bonds. The summed E-state index contributed by atoms with van der Waals surface area (Å²) >= 11 is 1.87. The molecule has 0 aliphatic rings. The SMILES string of the molecule is c1ccc(-c2ccc(N(c3cccc(-c4cccc5c4sc4c5ccc5oc6ccccc6c54)c3)c3ccc(-c4ccccc4)c4ccccc34)cc2)cc1. The highest BCUT2D eigenvalue weighted by Crippen LogP contribution is 2.47. The molecule has 2 heterocycles. The Morgan fingerprint density at radius 3 is 1.80 bits per heavy atom. The Balaban J connectivity index is 1.10. The molecule has 55 heavy (non-hydrogen) atoms. The van der Waals surface area contributed by atoms with Crippen molar-refractivity contribution in [2.75, 3.05) is 4.90 Å². The molecule has 9 aromatic carbocycles. The van der Waals surface area contributed by atoms with E-state index in [2.05, 4.69) is 199 Å². The number of fused-ring (bicyclic) bond motifs is 8. The number of anilines is 3. The molecule has 2 aromatic heterocycles. The van der Waals surface area contributed by atoms with E-state index in [-0.39, 0.29) is 0 Å². The standard InChI is InChI=1S/C52H33NOS/c1-3-13-34(14-4-1)35-25-27-38(28-26-35)53(47-31-29-40(36-15-5-2-6-16-36)42-19-7-8-20-43(42)47)39-18-11-17-37(33-39)41-22-12-23-44-45-30-32-49-50(52(45)55-51(41)44)46-21-9-10-24-48(46)54-49/h1-33H. The molecule has 0 saturated heterocycles. The maximum Gasteiger partial charge on any atom is 0.136 e. The van der Waals surface area contributed by atoms with Crippen molar-refractivity contribution in [1.29, 1.82) is 0 Å². The molecule has 0 bridgehead atoms. The molecule has 0 radical (unpaired) electrons. The van der Waals surface area contributed by atoms with Crippen LogP contribution in [0.2, 0.25) is 0 Å². The van der Waals surface area contributed by atoms with Crippen molar-refractivity contribution < 1.29 is 4.42 Å². The molecule has 11 aromatic rings. The first-order valence-corrected chi connectivity index (χ1v) is 19.5. The van der Waals surface area contributed by atoms with Crippen LogP contribution >= 0.6 is 11.3 Å². The van der Waals surface area contributed by atoms with Crippen LogP contribution in [0.5, 0.6) is 0 Å². The van der Waals surface area contributed by atoms with Gasteiger partial charge in [-0.15, -0.1) is 11.3 Å². The molecule has 2 nitrogen and oxygen atoms in total. The normalized spacial score (nSPS) is 11.6. The van der Waals surface area contributed by atoms with E-state index in [9.17, 15) is 0 Å². The Kier molecular flexibility index (Phi) is 7.39. The molecular formula is C52H33NOS. The average molecular weight is 720 g/mol. The summed E-state index contributed by atoms with van der Waals surface area (Å²) in [7, 11) is 0. The van der Waals surface area contributed by atoms with Crippen LogP contribution in [0.3, 0.4) is 0 Å². The molecule has 0 spiro atoms. The predicted molar refractivity (Wildman–Crippen MR) is 235 cm³/mol. The van der Waals surface area contributed by atoms with Crippen molar-refractivity contribution >= 4 is 81.3 Å². The van der Waals surface area contributed by atoms with Crippen LogP contribution < -0.4 is 4.90 Å². The summed E-state index contributed by atoms with van der Waals surface area (Å²) in [6, 6.07) is 72.1. The highest BCUT2D eigenvalue weighted by molar-refractivity contribution is 7.27. The fourth-order valence-corrected chi connectivity index (χ4v) is 9.70. The van der Waals surface area contributed by atoms with E-state index in [4.69, 9.17) is 4.42 Å². The van der Waals surface area contributed by atoms with Gasteiger partial charge in [0, 0.05) is 47.7 Å². The zero-order valence-electron chi connectivity index (χ0n) is 29.8. The van der Waals surface area contributed by atoms with E-state index in [1.165, 1.54) is 69.7 Å². The van der Waals surface area contributed by atoms with Crippen molar-refractivity contribution in [2.45, 2.75) is 0 Å². The third-order valence-electron chi connectivity index (χ3n) is 10.9. The summed E-state index contributed by atoms with van der Waals surface area (Å²) in [4.78, 5) is 2.42. The van der Waals surface area contributed by atoms with E-state index in [1.54, 1.807) is 0 Å². The van der Waals surface area contributed by atoms with Gasteiger partial charge in [-0.1, -0.05) is 152 Å². The van der Waals surface area contributed by atoms with E-state index in [1.807, 2.05) is 17.4 Å². The highest BCUT2D eigenvalue weighted by Gasteiger charge is 2.20.